The monoisotopic (exact) mass is 326 g/mol. The second kappa shape index (κ2) is 6.50. The van der Waals surface area contributed by atoms with Crippen molar-refractivity contribution >= 4 is 21.8 Å². The van der Waals surface area contributed by atoms with E-state index in [0.717, 1.165) is 29.7 Å². The van der Waals surface area contributed by atoms with Crippen molar-refractivity contribution in [3.05, 3.63) is 33.8 Å². The highest BCUT2D eigenvalue weighted by atomic mass is 79.9. The molecular formula is C14H19BrN2O2. The first kappa shape index (κ1) is 14.5. The number of ether oxygens (including phenoxy) is 1. The highest BCUT2D eigenvalue weighted by Gasteiger charge is 2.18. The van der Waals surface area contributed by atoms with Crippen LogP contribution in [-0.4, -0.2) is 50.2 Å². The zero-order valence-electron chi connectivity index (χ0n) is 11.3. The Hall–Kier alpha value is -0.910. The van der Waals surface area contributed by atoms with Crippen LogP contribution in [0.4, 0.5) is 0 Å². The number of morpholine rings is 1. The Labute approximate surface area is 122 Å². The van der Waals surface area contributed by atoms with Crippen molar-refractivity contribution in [3.63, 3.8) is 0 Å². The summed E-state index contributed by atoms with van der Waals surface area (Å²) in [6.45, 7) is 5.07. The molecule has 1 heterocycles. The number of hydrogen-bond acceptors (Lipinski definition) is 3. The number of halogens is 1. The van der Waals surface area contributed by atoms with Crippen LogP contribution in [0, 0.1) is 6.92 Å². The van der Waals surface area contributed by atoms with Crippen molar-refractivity contribution < 1.29 is 9.53 Å². The number of likely N-dealkylation sites (N-methyl/N-ethyl adjacent to an activating group) is 1. The zero-order valence-corrected chi connectivity index (χ0v) is 12.9. The van der Waals surface area contributed by atoms with Gasteiger partial charge in [0.1, 0.15) is 0 Å². The van der Waals surface area contributed by atoms with E-state index in [0.29, 0.717) is 12.1 Å². The van der Waals surface area contributed by atoms with Crippen LogP contribution in [0.15, 0.2) is 22.7 Å². The first-order valence-corrected chi connectivity index (χ1v) is 7.20. The number of rotatable bonds is 3. The summed E-state index contributed by atoms with van der Waals surface area (Å²) in [6.07, 6.45) is 0.0826. The average Bonchev–Trinajstić information content (AvgIpc) is 2.39. The van der Waals surface area contributed by atoms with Crippen molar-refractivity contribution in [2.24, 2.45) is 0 Å². The number of amides is 1. The molecule has 104 valence electrons. The Morgan fingerprint density at radius 2 is 2.37 bits per heavy atom. The largest absolute Gasteiger partial charge is 0.374 e. The Kier molecular flexibility index (Phi) is 4.96. The van der Waals surface area contributed by atoms with Gasteiger partial charge in [0.15, 0.2) is 0 Å². The molecule has 19 heavy (non-hydrogen) atoms. The maximum absolute atomic E-state index is 12.0. The minimum atomic E-state index is -0.0487. The first-order chi connectivity index (χ1) is 9.06. The summed E-state index contributed by atoms with van der Waals surface area (Å²) in [5, 5.41) is 2.93. The summed E-state index contributed by atoms with van der Waals surface area (Å²) in [6, 6.07) is 5.60. The van der Waals surface area contributed by atoms with Crippen molar-refractivity contribution in [1.82, 2.24) is 10.2 Å². The Bertz CT molecular complexity index is 465. The molecule has 0 aliphatic carbocycles. The third-order valence-electron chi connectivity index (χ3n) is 3.25. The molecule has 2 rings (SSSR count). The van der Waals surface area contributed by atoms with E-state index < -0.39 is 0 Å². The Morgan fingerprint density at radius 3 is 3.05 bits per heavy atom. The number of hydrogen-bond donors (Lipinski definition) is 1. The van der Waals surface area contributed by atoms with E-state index in [1.54, 1.807) is 0 Å². The van der Waals surface area contributed by atoms with Crippen LogP contribution in [-0.2, 0) is 4.74 Å². The standard InChI is InChI=1S/C14H19BrN2O2/c1-10-7-11(3-4-13(10)15)14(18)16-8-12-9-17(2)5-6-19-12/h3-4,7,12H,5-6,8-9H2,1-2H3,(H,16,18). The molecule has 0 bridgehead atoms. The van der Waals surface area contributed by atoms with Crippen LogP contribution in [0.5, 0.6) is 0 Å². The predicted molar refractivity (Wildman–Crippen MR) is 78.4 cm³/mol. The number of carbonyl (C=O) groups is 1. The summed E-state index contributed by atoms with van der Waals surface area (Å²) in [5.74, 6) is -0.0487. The van der Waals surface area contributed by atoms with Gasteiger partial charge in [-0.2, -0.15) is 0 Å². The summed E-state index contributed by atoms with van der Waals surface area (Å²) in [5.41, 5.74) is 1.74. The summed E-state index contributed by atoms with van der Waals surface area (Å²) < 4.78 is 6.63. The predicted octanol–water partition coefficient (Wildman–Crippen LogP) is 1.82. The van der Waals surface area contributed by atoms with Gasteiger partial charge in [0.25, 0.3) is 5.91 Å². The minimum Gasteiger partial charge on any atom is -0.374 e. The highest BCUT2D eigenvalue weighted by Crippen LogP contribution is 2.17. The molecule has 1 aliphatic rings. The van der Waals surface area contributed by atoms with Gasteiger partial charge in [0.2, 0.25) is 0 Å². The molecule has 1 fully saturated rings. The van der Waals surface area contributed by atoms with E-state index in [-0.39, 0.29) is 12.0 Å². The van der Waals surface area contributed by atoms with Crippen LogP contribution in [0.25, 0.3) is 0 Å². The molecule has 5 heteroatoms. The van der Waals surface area contributed by atoms with E-state index in [9.17, 15) is 4.79 Å². The summed E-state index contributed by atoms with van der Waals surface area (Å²) in [4.78, 5) is 14.2. The highest BCUT2D eigenvalue weighted by molar-refractivity contribution is 9.10. The molecule has 1 aromatic rings. The second-order valence-corrected chi connectivity index (χ2v) is 5.78. The number of benzene rings is 1. The lowest BCUT2D eigenvalue weighted by atomic mass is 10.1. The van der Waals surface area contributed by atoms with Crippen molar-refractivity contribution in [2.75, 3.05) is 33.3 Å². The molecule has 0 saturated carbocycles. The van der Waals surface area contributed by atoms with E-state index in [1.165, 1.54) is 0 Å². The van der Waals surface area contributed by atoms with Crippen LogP contribution in [0.2, 0.25) is 0 Å². The number of nitrogens with one attached hydrogen (secondary N) is 1. The van der Waals surface area contributed by atoms with Gasteiger partial charge in [-0.3, -0.25) is 4.79 Å². The normalized spacial score (nSPS) is 20.3. The Balaban J connectivity index is 1.88. The average molecular weight is 327 g/mol. The van der Waals surface area contributed by atoms with E-state index in [2.05, 4.69) is 33.2 Å². The SMILES string of the molecule is Cc1cc(C(=O)NCC2CN(C)CCO2)ccc1Br. The van der Waals surface area contributed by atoms with Crippen molar-refractivity contribution in [3.8, 4) is 0 Å². The fraction of sp³-hybridized carbons (Fsp3) is 0.500. The van der Waals surface area contributed by atoms with Gasteiger partial charge in [-0.25, -0.2) is 0 Å². The quantitative estimate of drug-likeness (QED) is 0.921. The van der Waals surface area contributed by atoms with Crippen LogP contribution < -0.4 is 5.32 Å². The fourth-order valence-corrected chi connectivity index (χ4v) is 2.33. The van der Waals surface area contributed by atoms with Crippen molar-refractivity contribution in [2.45, 2.75) is 13.0 Å². The molecule has 1 unspecified atom stereocenters. The van der Waals surface area contributed by atoms with Crippen LogP contribution in [0.3, 0.4) is 0 Å². The van der Waals surface area contributed by atoms with Gasteiger partial charge in [-0.05, 0) is 37.7 Å². The molecule has 1 N–H and O–H groups in total. The second-order valence-electron chi connectivity index (χ2n) is 4.93. The molecule has 0 spiro atoms. The lowest BCUT2D eigenvalue weighted by Gasteiger charge is -2.30. The molecule has 1 amide bonds. The molecule has 1 aliphatic heterocycles. The minimum absolute atomic E-state index is 0.0487. The first-order valence-electron chi connectivity index (χ1n) is 6.41. The molecule has 0 radical (unpaired) electrons. The van der Waals surface area contributed by atoms with Gasteiger partial charge in [0.05, 0.1) is 12.7 Å². The number of aryl methyl sites for hydroxylation is 1. The third kappa shape index (κ3) is 4.03. The lowest BCUT2D eigenvalue weighted by molar-refractivity contribution is -0.0175. The van der Waals surface area contributed by atoms with Gasteiger partial charge < -0.3 is 15.0 Å². The molecule has 4 nitrogen and oxygen atoms in total. The van der Waals surface area contributed by atoms with E-state index in [1.807, 2.05) is 25.1 Å². The molecule has 1 atom stereocenters. The smallest absolute Gasteiger partial charge is 0.251 e. The van der Waals surface area contributed by atoms with Gasteiger partial charge in [0, 0.05) is 29.7 Å². The van der Waals surface area contributed by atoms with Crippen LogP contribution in [0.1, 0.15) is 15.9 Å². The molecular weight excluding hydrogens is 308 g/mol. The Morgan fingerprint density at radius 1 is 1.58 bits per heavy atom. The van der Waals surface area contributed by atoms with E-state index in [4.69, 9.17) is 4.74 Å². The van der Waals surface area contributed by atoms with Gasteiger partial charge in [-0.15, -0.1) is 0 Å². The summed E-state index contributed by atoms with van der Waals surface area (Å²) in [7, 11) is 2.06. The van der Waals surface area contributed by atoms with Crippen LogP contribution >= 0.6 is 15.9 Å². The molecule has 1 saturated heterocycles. The number of nitrogens with zero attached hydrogens (tertiary/aromatic N) is 1. The molecule has 0 aromatic heterocycles. The van der Waals surface area contributed by atoms with Crippen molar-refractivity contribution in [1.29, 1.82) is 0 Å². The fourth-order valence-electron chi connectivity index (χ4n) is 2.08. The number of carbonyl (C=O) groups excluding carboxylic acids is 1. The van der Waals surface area contributed by atoms with Gasteiger partial charge in [-0.1, -0.05) is 15.9 Å². The maximum Gasteiger partial charge on any atom is 0.251 e. The zero-order chi connectivity index (χ0) is 13.8. The summed E-state index contributed by atoms with van der Waals surface area (Å²) >= 11 is 3.43. The third-order valence-corrected chi connectivity index (χ3v) is 4.14. The topological polar surface area (TPSA) is 41.6 Å². The van der Waals surface area contributed by atoms with E-state index >= 15 is 0 Å². The maximum atomic E-state index is 12.0. The lowest BCUT2D eigenvalue weighted by Crippen LogP contribution is -2.45. The molecule has 1 aromatic carbocycles. The van der Waals surface area contributed by atoms with Gasteiger partial charge >= 0.3 is 0 Å².